The molecule has 1 atom stereocenters. The van der Waals surface area contributed by atoms with Crippen LogP contribution in [0.25, 0.3) is 0 Å². The second-order valence-electron chi connectivity index (χ2n) is 11.8. The molecule has 2 aliphatic rings. The SMILES string of the molecule is Cc1ccncc1CN(c1ccc(N2CCOCC2)cc1)C1CCN(C(C)CCNC(=O)c2c(C)ccnc2C)CC1. The van der Waals surface area contributed by atoms with Crippen LogP contribution in [0, 0.1) is 20.8 Å². The summed E-state index contributed by atoms with van der Waals surface area (Å²) in [5.74, 6) is -0.0232. The normalized spacial score (nSPS) is 17.2. The first kappa shape index (κ1) is 30.0. The number of aryl methyl sites for hydroxylation is 3. The molecular weight excluding hydrogens is 524 g/mol. The molecule has 5 rings (SSSR count). The smallest absolute Gasteiger partial charge is 0.253 e. The Morgan fingerprint density at radius 1 is 1.00 bits per heavy atom. The molecule has 0 radical (unpaired) electrons. The van der Waals surface area contributed by atoms with Gasteiger partial charge in [-0.3, -0.25) is 14.8 Å². The van der Waals surface area contributed by atoms with E-state index in [0.717, 1.165) is 76.5 Å². The third kappa shape index (κ3) is 7.28. The van der Waals surface area contributed by atoms with E-state index in [4.69, 9.17) is 4.74 Å². The number of nitrogens with one attached hydrogen (secondary N) is 1. The lowest BCUT2D eigenvalue weighted by atomic mass is 9.98. The van der Waals surface area contributed by atoms with E-state index in [1.165, 1.54) is 22.5 Å². The van der Waals surface area contributed by atoms with Gasteiger partial charge in [-0.2, -0.15) is 0 Å². The number of rotatable bonds is 10. The van der Waals surface area contributed by atoms with Crippen molar-refractivity contribution in [2.24, 2.45) is 0 Å². The highest BCUT2D eigenvalue weighted by Gasteiger charge is 2.28. The molecule has 1 aromatic carbocycles. The van der Waals surface area contributed by atoms with Crippen molar-refractivity contribution < 1.29 is 9.53 Å². The van der Waals surface area contributed by atoms with Gasteiger partial charge in [0, 0.05) is 81.3 Å². The summed E-state index contributed by atoms with van der Waals surface area (Å²) >= 11 is 0. The third-order valence-corrected chi connectivity index (χ3v) is 9.03. The van der Waals surface area contributed by atoms with Crippen molar-refractivity contribution in [2.45, 2.75) is 65.6 Å². The minimum atomic E-state index is -0.0232. The summed E-state index contributed by atoms with van der Waals surface area (Å²) < 4.78 is 5.54. The maximum atomic E-state index is 12.8. The largest absolute Gasteiger partial charge is 0.378 e. The molecule has 4 heterocycles. The summed E-state index contributed by atoms with van der Waals surface area (Å²) in [5.41, 5.74) is 7.55. The minimum absolute atomic E-state index is 0.0232. The number of aromatic nitrogens is 2. The highest BCUT2D eigenvalue weighted by Crippen LogP contribution is 2.29. The number of anilines is 2. The van der Waals surface area contributed by atoms with Gasteiger partial charge in [-0.15, -0.1) is 0 Å². The maximum absolute atomic E-state index is 12.8. The van der Waals surface area contributed by atoms with Crippen LogP contribution in [0.2, 0.25) is 0 Å². The fourth-order valence-corrected chi connectivity index (χ4v) is 6.29. The zero-order valence-electron chi connectivity index (χ0n) is 25.7. The molecule has 1 unspecified atom stereocenters. The molecule has 0 aliphatic carbocycles. The minimum Gasteiger partial charge on any atom is -0.378 e. The van der Waals surface area contributed by atoms with E-state index < -0.39 is 0 Å². The van der Waals surface area contributed by atoms with Gasteiger partial charge in [0.1, 0.15) is 0 Å². The Labute approximate surface area is 251 Å². The van der Waals surface area contributed by atoms with Crippen LogP contribution >= 0.6 is 0 Å². The van der Waals surface area contributed by atoms with E-state index in [0.29, 0.717) is 24.2 Å². The molecule has 1 N–H and O–H groups in total. The molecule has 2 aromatic heterocycles. The number of carbonyl (C=O) groups excluding carboxylic acids is 1. The fraction of sp³-hybridized carbons (Fsp3) is 0.500. The Kier molecular flexibility index (Phi) is 10.1. The van der Waals surface area contributed by atoms with Crippen molar-refractivity contribution in [1.29, 1.82) is 0 Å². The van der Waals surface area contributed by atoms with Gasteiger partial charge in [-0.05, 0) is 100 Å². The average molecular weight is 571 g/mol. The highest BCUT2D eigenvalue weighted by molar-refractivity contribution is 5.96. The van der Waals surface area contributed by atoms with Crippen LogP contribution in [0.3, 0.4) is 0 Å². The summed E-state index contributed by atoms with van der Waals surface area (Å²) in [6.07, 6.45) is 8.79. The van der Waals surface area contributed by atoms with Gasteiger partial charge >= 0.3 is 0 Å². The Morgan fingerprint density at radius 3 is 2.40 bits per heavy atom. The van der Waals surface area contributed by atoms with Crippen LogP contribution in [0.5, 0.6) is 0 Å². The standard InChI is InChI=1S/C34H46N6O2/c1-25-9-14-35-23-29(25)24-40(31-7-5-30(6-8-31)39-19-21-42-22-20-39)32-12-17-38(18-13-32)27(3)11-16-37-34(41)33-26(2)10-15-36-28(33)4/h5-10,14-15,23,27,32H,11-13,16-22,24H2,1-4H3,(H,37,41). The van der Waals surface area contributed by atoms with Crippen LogP contribution in [0.15, 0.2) is 55.0 Å². The molecule has 0 bridgehead atoms. The first-order valence-corrected chi connectivity index (χ1v) is 15.4. The summed E-state index contributed by atoms with van der Waals surface area (Å²) in [4.78, 5) is 29.1. The average Bonchev–Trinajstić information content (AvgIpc) is 3.01. The molecule has 42 heavy (non-hydrogen) atoms. The molecule has 2 saturated heterocycles. The number of nitrogens with zero attached hydrogens (tertiary/aromatic N) is 5. The van der Waals surface area contributed by atoms with Crippen molar-refractivity contribution in [3.8, 4) is 0 Å². The molecule has 0 saturated carbocycles. The van der Waals surface area contributed by atoms with Crippen LogP contribution in [0.1, 0.15) is 58.9 Å². The Hall–Kier alpha value is -3.49. The van der Waals surface area contributed by atoms with Crippen LogP contribution in [0.4, 0.5) is 11.4 Å². The number of benzene rings is 1. The number of piperidine rings is 1. The van der Waals surface area contributed by atoms with E-state index >= 15 is 0 Å². The number of likely N-dealkylation sites (tertiary alicyclic amines) is 1. The number of hydrogen-bond donors (Lipinski definition) is 1. The van der Waals surface area contributed by atoms with E-state index in [1.54, 1.807) is 6.20 Å². The van der Waals surface area contributed by atoms with Gasteiger partial charge < -0.3 is 24.8 Å². The first-order valence-electron chi connectivity index (χ1n) is 15.4. The molecule has 3 aromatic rings. The second kappa shape index (κ2) is 14.1. The Morgan fingerprint density at radius 2 is 1.71 bits per heavy atom. The zero-order chi connectivity index (χ0) is 29.5. The van der Waals surface area contributed by atoms with Crippen LogP contribution < -0.4 is 15.1 Å². The van der Waals surface area contributed by atoms with Crippen LogP contribution in [-0.2, 0) is 11.3 Å². The summed E-state index contributed by atoms with van der Waals surface area (Å²) in [6, 6.07) is 14.0. The van der Waals surface area contributed by atoms with Crippen molar-refractivity contribution >= 4 is 17.3 Å². The molecule has 0 spiro atoms. The predicted molar refractivity (Wildman–Crippen MR) is 169 cm³/mol. The fourth-order valence-electron chi connectivity index (χ4n) is 6.29. The zero-order valence-corrected chi connectivity index (χ0v) is 25.7. The van der Waals surface area contributed by atoms with Gasteiger partial charge in [0.15, 0.2) is 0 Å². The number of morpholine rings is 1. The maximum Gasteiger partial charge on any atom is 0.253 e. The van der Waals surface area contributed by atoms with Gasteiger partial charge in [0.05, 0.1) is 24.5 Å². The van der Waals surface area contributed by atoms with Crippen molar-refractivity contribution in [2.75, 3.05) is 55.7 Å². The Balaban J connectivity index is 1.19. The molecule has 1 amide bonds. The number of hydrogen-bond acceptors (Lipinski definition) is 7. The van der Waals surface area contributed by atoms with Crippen molar-refractivity contribution in [3.05, 3.63) is 82.9 Å². The van der Waals surface area contributed by atoms with E-state index in [-0.39, 0.29) is 5.91 Å². The lowest BCUT2D eigenvalue weighted by Crippen LogP contribution is -2.48. The molecule has 224 valence electrons. The van der Waals surface area contributed by atoms with Gasteiger partial charge in [-0.1, -0.05) is 0 Å². The summed E-state index contributed by atoms with van der Waals surface area (Å²) in [6.45, 7) is 15.4. The molecular formula is C34H46N6O2. The molecule has 2 aliphatic heterocycles. The van der Waals surface area contributed by atoms with Gasteiger partial charge in [-0.25, -0.2) is 0 Å². The number of ether oxygens (including phenoxy) is 1. The lowest BCUT2D eigenvalue weighted by Gasteiger charge is -2.42. The Bertz CT molecular complexity index is 1300. The molecule has 8 nitrogen and oxygen atoms in total. The number of amides is 1. The highest BCUT2D eigenvalue weighted by atomic mass is 16.5. The molecule has 8 heteroatoms. The lowest BCUT2D eigenvalue weighted by molar-refractivity contribution is 0.0943. The first-order chi connectivity index (χ1) is 20.4. The number of pyridine rings is 2. The van der Waals surface area contributed by atoms with E-state index in [9.17, 15) is 4.79 Å². The van der Waals surface area contributed by atoms with Crippen molar-refractivity contribution in [3.63, 3.8) is 0 Å². The number of carbonyl (C=O) groups is 1. The van der Waals surface area contributed by atoms with Gasteiger partial charge in [0.2, 0.25) is 0 Å². The van der Waals surface area contributed by atoms with E-state index in [2.05, 4.69) is 74.2 Å². The monoisotopic (exact) mass is 570 g/mol. The third-order valence-electron chi connectivity index (χ3n) is 9.03. The van der Waals surface area contributed by atoms with Crippen molar-refractivity contribution in [1.82, 2.24) is 20.2 Å². The summed E-state index contributed by atoms with van der Waals surface area (Å²) in [5, 5.41) is 3.13. The predicted octanol–water partition coefficient (Wildman–Crippen LogP) is 4.92. The van der Waals surface area contributed by atoms with Crippen LogP contribution in [-0.4, -0.2) is 78.8 Å². The topological polar surface area (TPSA) is 73.8 Å². The summed E-state index contributed by atoms with van der Waals surface area (Å²) in [7, 11) is 0. The quantitative estimate of drug-likeness (QED) is 0.371. The second-order valence-corrected chi connectivity index (χ2v) is 11.8. The molecule has 2 fully saturated rings. The van der Waals surface area contributed by atoms with E-state index in [1.807, 2.05) is 32.3 Å². The van der Waals surface area contributed by atoms with Gasteiger partial charge in [0.25, 0.3) is 5.91 Å².